The van der Waals surface area contributed by atoms with E-state index in [2.05, 4.69) is 24.1 Å². The van der Waals surface area contributed by atoms with E-state index < -0.39 is 5.97 Å². The number of hydrogen-bond donors (Lipinski definition) is 2. The third-order valence-corrected chi connectivity index (χ3v) is 3.99. The van der Waals surface area contributed by atoms with E-state index in [1.807, 2.05) is 24.3 Å². The van der Waals surface area contributed by atoms with Crippen molar-refractivity contribution < 1.29 is 14.3 Å². The number of furan rings is 1. The molecule has 5 nitrogen and oxygen atoms in total. The van der Waals surface area contributed by atoms with E-state index in [0.29, 0.717) is 12.1 Å². The van der Waals surface area contributed by atoms with Crippen molar-refractivity contribution in [2.24, 2.45) is 0 Å². The molecule has 0 bridgehead atoms. The van der Waals surface area contributed by atoms with E-state index in [-0.39, 0.29) is 6.04 Å². The predicted molar refractivity (Wildman–Crippen MR) is 89.5 cm³/mol. The molecule has 124 valence electrons. The maximum absolute atomic E-state index is 10.9. The third-order valence-electron chi connectivity index (χ3n) is 3.99. The second-order valence-electron chi connectivity index (χ2n) is 5.39. The Kier molecular flexibility index (Phi) is 6.38. The minimum atomic E-state index is -0.899. The fraction of sp³-hybridized carbons (Fsp3) is 0.389. The molecule has 0 spiro atoms. The second-order valence-corrected chi connectivity index (χ2v) is 5.39. The van der Waals surface area contributed by atoms with Crippen molar-refractivity contribution in [1.29, 1.82) is 0 Å². The van der Waals surface area contributed by atoms with Crippen LogP contribution in [0, 0.1) is 0 Å². The molecule has 0 aliphatic rings. The summed E-state index contributed by atoms with van der Waals surface area (Å²) in [5.74, 6) is 0.0614. The Morgan fingerprint density at radius 1 is 1.22 bits per heavy atom. The van der Waals surface area contributed by atoms with Crippen molar-refractivity contribution in [3.05, 3.63) is 59.5 Å². The lowest BCUT2D eigenvalue weighted by Crippen LogP contribution is -2.35. The van der Waals surface area contributed by atoms with E-state index in [9.17, 15) is 4.79 Å². The smallest absolute Gasteiger partial charge is 0.335 e. The van der Waals surface area contributed by atoms with Crippen LogP contribution < -0.4 is 5.32 Å². The molecule has 0 aliphatic carbocycles. The van der Waals surface area contributed by atoms with Crippen LogP contribution in [0.25, 0.3) is 0 Å². The number of likely N-dealkylation sites (N-methyl/N-ethyl adjacent to an activating group) is 1. The van der Waals surface area contributed by atoms with Gasteiger partial charge in [-0.15, -0.1) is 0 Å². The summed E-state index contributed by atoms with van der Waals surface area (Å²) in [5, 5.41) is 12.4. The fourth-order valence-electron chi connectivity index (χ4n) is 2.67. The molecule has 1 heterocycles. The molecule has 1 aromatic heterocycles. The zero-order valence-electron chi connectivity index (χ0n) is 13.7. The van der Waals surface area contributed by atoms with E-state index in [0.717, 1.165) is 31.0 Å². The lowest BCUT2D eigenvalue weighted by atomic mass is 10.1. The van der Waals surface area contributed by atoms with Crippen molar-refractivity contribution >= 4 is 5.97 Å². The normalized spacial score (nSPS) is 12.5. The number of carboxylic acids is 1. The van der Waals surface area contributed by atoms with E-state index in [1.54, 1.807) is 18.4 Å². The molecule has 2 N–H and O–H groups in total. The number of nitrogens with one attached hydrogen (secondary N) is 1. The van der Waals surface area contributed by atoms with Gasteiger partial charge in [-0.05, 0) is 42.9 Å². The SMILES string of the molecule is CCN(CC)C(CNCc1ccc(C(=O)O)cc1)c1ccco1. The number of aromatic carboxylic acids is 1. The standard InChI is InChI=1S/C18H24N2O3/c1-3-20(4-2)16(17-6-5-11-23-17)13-19-12-14-7-9-15(10-8-14)18(21)22/h5-11,16,19H,3-4,12-13H2,1-2H3,(H,21,22). The average Bonchev–Trinajstić information content (AvgIpc) is 3.09. The number of carbonyl (C=O) groups is 1. The lowest BCUT2D eigenvalue weighted by molar-refractivity contribution is 0.0697. The van der Waals surface area contributed by atoms with Gasteiger partial charge in [-0.25, -0.2) is 4.79 Å². The molecular formula is C18H24N2O3. The van der Waals surface area contributed by atoms with Crippen LogP contribution in [0.4, 0.5) is 0 Å². The molecule has 1 unspecified atom stereocenters. The first-order chi connectivity index (χ1) is 11.2. The van der Waals surface area contributed by atoms with Gasteiger partial charge in [0.15, 0.2) is 0 Å². The zero-order valence-corrected chi connectivity index (χ0v) is 13.7. The molecule has 0 amide bonds. The summed E-state index contributed by atoms with van der Waals surface area (Å²) in [4.78, 5) is 13.2. The predicted octanol–water partition coefficient (Wildman–Crippen LogP) is 3.15. The molecule has 0 fully saturated rings. The number of carboxylic acid groups (broad SMARTS) is 1. The topological polar surface area (TPSA) is 65.7 Å². The Labute approximate surface area is 136 Å². The first kappa shape index (κ1) is 17.2. The van der Waals surface area contributed by atoms with Crippen LogP contribution in [-0.2, 0) is 6.54 Å². The highest BCUT2D eigenvalue weighted by molar-refractivity contribution is 5.87. The summed E-state index contributed by atoms with van der Waals surface area (Å²) in [5.41, 5.74) is 1.37. The first-order valence-electron chi connectivity index (χ1n) is 7.96. The Hall–Kier alpha value is -2.11. The summed E-state index contributed by atoms with van der Waals surface area (Å²) in [6, 6.07) is 11.1. The van der Waals surface area contributed by atoms with Crippen LogP contribution in [0.15, 0.2) is 47.1 Å². The lowest BCUT2D eigenvalue weighted by Gasteiger charge is -2.28. The second kappa shape index (κ2) is 8.50. The van der Waals surface area contributed by atoms with Gasteiger partial charge >= 0.3 is 5.97 Å². The molecule has 2 aromatic rings. The Bertz CT molecular complexity index is 589. The molecule has 5 heteroatoms. The van der Waals surface area contributed by atoms with Gasteiger partial charge in [0.05, 0.1) is 17.9 Å². The van der Waals surface area contributed by atoms with Crippen LogP contribution >= 0.6 is 0 Å². The molecule has 0 aliphatic heterocycles. The molecular weight excluding hydrogens is 292 g/mol. The highest BCUT2D eigenvalue weighted by Gasteiger charge is 2.19. The Balaban J connectivity index is 1.94. The summed E-state index contributed by atoms with van der Waals surface area (Å²) in [6.45, 7) is 7.66. The van der Waals surface area contributed by atoms with Gasteiger partial charge in [-0.1, -0.05) is 26.0 Å². The molecule has 0 saturated carbocycles. The van der Waals surface area contributed by atoms with E-state index in [4.69, 9.17) is 9.52 Å². The summed E-state index contributed by atoms with van der Waals surface area (Å²) >= 11 is 0. The van der Waals surface area contributed by atoms with Crippen LogP contribution in [-0.4, -0.2) is 35.6 Å². The number of rotatable bonds is 9. The quantitative estimate of drug-likeness (QED) is 0.744. The molecule has 1 aromatic carbocycles. The van der Waals surface area contributed by atoms with E-state index >= 15 is 0 Å². The van der Waals surface area contributed by atoms with Crippen LogP contribution in [0.3, 0.4) is 0 Å². The maximum atomic E-state index is 10.9. The number of nitrogens with zero attached hydrogens (tertiary/aromatic N) is 1. The van der Waals surface area contributed by atoms with Crippen molar-refractivity contribution in [2.75, 3.05) is 19.6 Å². The highest BCUT2D eigenvalue weighted by Crippen LogP contribution is 2.20. The van der Waals surface area contributed by atoms with Crippen molar-refractivity contribution in [1.82, 2.24) is 10.2 Å². The van der Waals surface area contributed by atoms with Crippen molar-refractivity contribution in [3.63, 3.8) is 0 Å². The average molecular weight is 316 g/mol. The third kappa shape index (κ3) is 4.68. The minimum Gasteiger partial charge on any atom is -0.478 e. The summed E-state index contributed by atoms with van der Waals surface area (Å²) in [7, 11) is 0. The minimum absolute atomic E-state index is 0.193. The maximum Gasteiger partial charge on any atom is 0.335 e. The van der Waals surface area contributed by atoms with Crippen LogP contribution in [0.1, 0.15) is 41.6 Å². The number of hydrogen-bond acceptors (Lipinski definition) is 4. The fourth-order valence-corrected chi connectivity index (χ4v) is 2.67. The van der Waals surface area contributed by atoms with Crippen LogP contribution in [0.2, 0.25) is 0 Å². The zero-order chi connectivity index (χ0) is 16.7. The van der Waals surface area contributed by atoms with Crippen LogP contribution in [0.5, 0.6) is 0 Å². The molecule has 1 atom stereocenters. The number of benzene rings is 1. The van der Waals surface area contributed by atoms with Gasteiger partial charge in [0.2, 0.25) is 0 Å². The van der Waals surface area contributed by atoms with Crippen molar-refractivity contribution in [2.45, 2.75) is 26.4 Å². The summed E-state index contributed by atoms with van der Waals surface area (Å²) < 4.78 is 5.58. The van der Waals surface area contributed by atoms with Gasteiger partial charge in [-0.2, -0.15) is 0 Å². The highest BCUT2D eigenvalue weighted by atomic mass is 16.4. The Morgan fingerprint density at radius 3 is 2.43 bits per heavy atom. The van der Waals surface area contributed by atoms with E-state index in [1.165, 1.54) is 0 Å². The molecule has 0 radical (unpaired) electrons. The van der Waals surface area contributed by atoms with Gasteiger partial charge in [0, 0.05) is 13.1 Å². The Morgan fingerprint density at radius 2 is 1.91 bits per heavy atom. The monoisotopic (exact) mass is 316 g/mol. The van der Waals surface area contributed by atoms with Gasteiger partial charge in [0.1, 0.15) is 5.76 Å². The molecule has 2 rings (SSSR count). The summed E-state index contributed by atoms with van der Waals surface area (Å²) in [6.07, 6.45) is 1.70. The first-order valence-corrected chi connectivity index (χ1v) is 7.96. The molecule has 23 heavy (non-hydrogen) atoms. The van der Waals surface area contributed by atoms with Gasteiger partial charge in [-0.3, -0.25) is 4.90 Å². The van der Waals surface area contributed by atoms with Gasteiger partial charge in [0.25, 0.3) is 0 Å². The molecule has 0 saturated heterocycles. The van der Waals surface area contributed by atoms with Crippen molar-refractivity contribution in [3.8, 4) is 0 Å². The largest absolute Gasteiger partial charge is 0.478 e. The van der Waals surface area contributed by atoms with Gasteiger partial charge < -0.3 is 14.8 Å².